The molecule has 1 aliphatic rings. The molecule has 1 aliphatic heterocycles. The normalized spacial score (nSPS) is 15.4. The number of amides is 1. The van der Waals surface area contributed by atoms with E-state index in [0.717, 1.165) is 18.4 Å². The van der Waals surface area contributed by atoms with Gasteiger partial charge in [0.05, 0.1) is 12.7 Å². The summed E-state index contributed by atoms with van der Waals surface area (Å²) < 4.78 is 38.7. The van der Waals surface area contributed by atoms with Gasteiger partial charge in [0, 0.05) is 31.7 Å². The Labute approximate surface area is 192 Å². The van der Waals surface area contributed by atoms with E-state index in [-0.39, 0.29) is 23.6 Å². The molecule has 4 nitrogen and oxygen atoms in total. The van der Waals surface area contributed by atoms with Crippen molar-refractivity contribution in [2.75, 3.05) is 19.8 Å². The second-order valence-electron chi connectivity index (χ2n) is 8.16. The number of rotatable bonds is 9. The summed E-state index contributed by atoms with van der Waals surface area (Å²) in [6.45, 7) is 1.89. The fourth-order valence-electron chi connectivity index (χ4n) is 3.96. The highest BCUT2D eigenvalue weighted by molar-refractivity contribution is 5.94. The number of carbonyl (C=O) groups is 1. The van der Waals surface area contributed by atoms with Gasteiger partial charge in [-0.25, -0.2) is 8.78 Å². The molecule has 0 bridgehead atoms. The van der Waals surface area contributed by atoms with Gasteiger partial charge in [0.25, 0.3) is 5.91 Å². The van der Waals surface area contributed by atoms with E-state index < -0.39 is 0 Å². The van der Waals surface area contributed by atoms with Crippen LogP contribution in [0.2, 0.25) is 0 Å². The number of carbonyl (C=O) groups excluding carboxylic acids is 1. The predicted molar refractivity (Wildman–Crippen MR) is 122 cm³/mol. The SMILES string of the molecule is O=C(c1ccc(F)cc1)N(Cc1cccc(OCCc2ccccc2F)c1)C[C@@H]1CCCO1. The molecule has 3 aromatic carbocycles. The van der Waals surface area contributed by atoms with Crippen LogP contribution in [-0.4, -0.2) is 36.7 Å². The van der Waals surface area contributed by atoms with Crippen molar-refractivity contribution in [2.24, 2.45) is 0 Å². The van der Waals surface area contributed by atoms with Crippen molar-refractivity contribution in [2.45, 2.75) is 31.9 Å². The molecule has 0 saturated carbocycles. The maximum Gasteiger partial charge on any atom is 0.254 e. The molecule has 0 spiro atoms. The van der Waals surface area contributed by atoms with Crippen LogP contribution in [0.15, 0.2) is 72.8 Å². The molecule has 0 aliphatic carbocycles. The third-order valence-electron chi connectivity index (χ3n) is 5.70. The van der Waals surface area contributed by atoms with Gasteiger partial charge in [0.1, 0.15) is 17.4 Å². The van der Waals surface area contributed by atoms with Gasteiger partial charge in [-0.05, 0) is 66.4 Å². The van der Waals surface area contributed by atoms with E-state index in [4.69, 9.17) is 9.47 Å². The molecular weight excluding hydrogens is 424 g/mol. The first-order valence-electron chi connectivity index (χ1n) is 11.2. The topological polar surface area (TPSA) is 38.8 Å². The molecule has 3 aromatic rings. The fourth-order valence-corrected chi connectivity index (χ4v) is 3.96. The van der Waals surface area contributed by atoms with Crippen molar-refractivity contribution in [1.82, 2.24) is 4.90 Å². The van der Waals surface area contributed by atoms with E-state index in [1.54, 1.807) is 23.1 Å². The Kier molecular flexibility index (Phi) is 7.68. The number of hydrogen-bond donors (Lipinski definition) is 0. The van der Waals surface area contributed by atoms with Crippen LogP contribution in [0.3, 0.4) is 0 Å². The quantitative estimate of drug-likeness (QED) is 0.437. The van der Waals surface area contributed by atoms with Gasteiger partial charge >= 0.3 is 0 Å². The molecule has 0 radical (unpaired) electrons. The summed E-state index contributed by atoms with van der Waals surface area (Å²) in [5, 5.41) is 0. The van der Waals surface area contributed by atoms with Gasteiger partial charge < -0.3 is 14.4 Å². The van der Waals surface area contributed by atoms with Crippen LogP contribution in [0.5, 0.6) is 5.75 Å². The monoisotopic (exact) mass is 451 g/mol. The van der Waals surface area contributed by atoms with Crippen LogP contribution in [0.1, 0.15) is 34.3 Å². The zero-order valence-corrected chi connectivity index (χ0v) is 18.4. The molecular formula is C27H27F2NO3. The van der Waals surface area contributed by atoms with Gasteiger partial charge in [-0.1, -0.05) is 30.3 Å². The number of hydrogen-bond acceptors (Lipinski definition) is 3. The Morgan fingerprint density at radius 2 is 1.85 bits per heavy atom. The van der Waals surface area contributed by atoms with Crippen molar-refractivity contribution < 1.29 is 23.0 Å². The summed E-state index contributed by atoms with van der Waals surface area (Å²) in [6, 6.07) is 19.8. The molecule has 0 aromatic heterocycles. The van der Waals surface area contributed by atoms with Crippen LogP contribution in [0, 0.1) is 11.6 Å². The average Bonchev–Trinajstić information content (AvgIpc) is 3.33. The molecule has 1 saturated heterocycles. The Bertz CT molecular complexity index is 1060. The van der Waals surface area contributed by atoms with Gasteiger partial charge in [-0.2, -0.15) is 0 Å². The third-order valence-corrected chi connectivity index (χ3v) is 5.70. The molecule has 6 heteroatoms. The molecule has 0 N–H and O–H groups in total. The lowest BCUT2D eigenvalue weighted by Crippen LogP contribution is -2.37. The second-order valence-corrected chi connectivity index (χ2v) is 8.16. The molecule has 0 unspecified atom stereocenters. The smallest absolute Gasteiger partial charge is 0.254 e. The van der Waals surface area contributed by atoms with Crippen molar-refractivity contribution in [3.8, 4) is 5.75 Å². The predicted octanol–water partition coefficient (Wildman–Crippen LogP) is 5.41. The molecule has 1 atom stereocenters. The number of halogens is 2. The lowest BCUT2D eigenvalue weighted by Gasteiger charge is -2.26. The lowest BCUT2D eigenvalue weighted by atomic mass is 10.1. The number of benzene rings is 3. The number of nitrogens with zero attached hydrogens (tertiary/aromatic N) is 1. The highest BCUT2D eigenvalue weighted by Crippen LogP contribution is 2.20. The third kappa shape index (κ3) is 6.39. The van der Waals surface area contributed by atoms with Crippen molar-refractivity contribution >= 4 is 5.91 Å². The van der Waals surface area contributed by atoms with E-state index in [1.807, 2.05) is 24.3 Å². The minimum atomic E-state index is -0.377. The summed E-state index contributed by atoms with van der Waals surface area (Å²) in [5.74, 6) is -0.122. The molecule has 172 valence electrons. The Morgan fingerprint density at radius 1 is 1.03 bits per heavy atom. The summed E-state index contributed by atoms with van der Waals surface area (Å²) in [5.41, 5.74) is 1.96. The summed E-state index contributed by atoms with van der Waals surface area (Å²) >= 11 is 0. The highest BCUT2D eigenvalue weighted by atomic mass is 19.1. The first kappa shape index (κ1) is 22.9. The van der Waals surface area contributed by atoms with Crippen molar-refractivity contribution in [3.63, 3.8) is 0 Å². The zero-order valence-electron chi connectivity index (χ0n) is 18.4. The lowest BCUT2D eigenvalue weighted by molar-refractivity contribution is 0.0507. The zero-order chi connectivity index (χ0) is 23.0. The largest absolute Gasteiger partial charge is 0.493 e. The van der Waals surface area contributed by atoms with Gasteiger partial charge in [-0.15, -0.1) is 0 Å². The van der Waals surface area contributed by atoms with E-state index >= 15 is 0 Å². The van der Waals surface area contributed by atoms with Crippen molar-refractivity contribution in [1.29, 1.82) is 0 Å². The maximum absolute atomic E-state index is 13.8. The summed E-state index contributed by atoms with van der Waals surface area (Å²) in [7, 11) is 0. The van der Waals surface area contributed by atoms with Gasteiger partial charge in [0.15, 0.2) is 0 Å². The van der Waals surface area contributed by atoms with Crippen LogP contribution in [0.4, 0.5) is 8.78 Å². The molecule has 4 rings (SSSR count). The average molecular weight is 452 g/mol. The van der Waals surface area contributed by atoms with Crippen LogP contribution < -0.4 is 4.74 Å². The Morgan fingerprint density at radius 3 is 2.61 bits per heavy atom. The molecule has 33 heavy (non-hydrogen) atoms. The Balaban J connectivity index is 1.43. The standard InChI is InChI=1S/C27H27F2NO3/c28-23-12-10-22(11-13-23)27(31)30(19-25-8-4-15-32-25)18-20-5-3-7-24(17-20)33-16-14-21-6-1-2-9-26(21)29/h1-3,5-7,9-13,17,25H,4,8,14-16,18-19H2/t25-/m0/s1. The van der Waals surface area contributed by atoms with Crippen molar-refractivity contribution in [3.05, 3.63) is 101 Å². The minimum absolute atomic E-state index is 0.00500. The van der Waals surface area contributed by atoms with E-state index in [9.17, 15) is 13.6 Å². The summed E-state index contributed by atoms with van der Waals surface area (Å²) in [6.07, 6.45) is 2.35. The van der Waals surface area contributed by atoms with Gasteiger partial charge in [-0.3, -0.25) is 4.79 Å². The maximum atomic E-state index is 13.8. The Hall–Kier alpha value is -3.25. The first-order valence-corrected chi connectivity index (χ1v) is 11.2. The molecule has 1 heterocycles. The van der Waals surface area contributed by atoms with E-state index in [2.05, 4.69) is 0 Å². The second kappa shape index (κ2) is 11.1. The van der Waals surface area contributed by atoms with Crippen LogP contribution >= 0.6 is 0 Å². The van der Waals surface area contributed by atoms with Crippen LogP contribution in [-0.2, 0) is 17.7 Å². The van der Waals surface area contributed by atoms with Gasteiger partial charge in [0.2, 0.25) is 0 Å². The highest BCUT2D eigenvalue weighted by Gasteiger charge is 2.24. The fraction of sp³-hybridized carbons (Fsp3) is 0.296. The number of ether oxygens (including phenoxy) is 2. The summed E-state index contributed by atoms with van der Waals surface area (Å²) in [4.78, 5) is 14.9. The first-order chi connectivity index (χ1) is 16.1. The molecule has 1 amide bonds. The van der Waals surface area contributed by atoms with Crippen LogP contribution in [0.25, 0.3) is 0 Å². The molecule has 1 fully saturated rings. The van der Waals surface area contributed by atoms with E-state index in [1.165, 1.54) is 30.3 Å². The van der Waals surface area contributed by atoms with E-state index in [0.29, 0.717) is 49.6 Å². The minimum Gasteiger partial charge on any atom is -0.493 e.